The van der Waals surface area contributed by atoms with Gasteiger partial charge in [0.05, 0.1) is 5.92 Å². The Morgan fingerprint density at radius 2 is 1.82 bits per heavy atom. The van der Waals surface area contributed by atoms with Gasteiger partial charge in [0.2, 0.25) is 11.8 Å². The van der Waals surface area contributed by atoms with E-state index in [2.05, 4.69) is 10.1 Å². The Bertz CT molecular complexity index is 895. The zero-order valence-corrected chi connectivity index (χ0v) is 15.3. The monoisotopic (exact) mass is 392 g/mol. The molecule has 0 bridgehead atoms. The van der Waals surface area contributed by atoms with E-state index in [-0.39, 0.29) is 30.5 Å². The van der Waals surface area contributed by atoms with Gasteiger partial charge in [0, 0.05) is 24.3 Å². The van der Waals surface area contributed by atoms with Gasteiger partial charge in [0.15, 0.2) is 0 Å². The smallest absolute Gasteiger partial charge is 0.406 e. The summed E-state index contributed by atoms with van der Waals surface area (Å²) in [5.74, 6) is -1.41. The summed E-state index contributed by atoms with van der Waals surface area (Å²) in [5, 5.41) is 2.64. The molecular formula is C20H19F3N2O3. The Kier molecular flexibility index (Phi) is 5.31. The Labute approximate surface area is 160 Å². The molecule has 1 saturated heterocycles. The van der Waals surface area contributed by atoms with Crippen LogP contribution >= 0.6 is 0 Å². The number of alkyl halides is 3. The SMILES string of the molecule is Cc1cccc(N2C[C@@H](C(=O)Nc3ccc(OC(F)(F)F)cc3)CC2=O)c1C. The summed E-state index contributed by atoms with van der Waals surface area (Å²) < 4.78 is 40.4. The van der Waals surface area contributed by atoms with E-state index in [4.69, 9.17) is 0 Å². The standard InChI is InChI=1S/C20H19F3N2O3/c1-12-4-3-5-17(13(12)2)25-11-14(10-18(25)26)19(27)24-15-6-8-16(9-7-15)28-20(21,22)23/h3-9,14H,10-11H2,1-2H3,(H,24,27)/t14-/m0/s1. The quantitative estimate of drug-likeness (QED) is 0.849. The number of carbonyl (C=O) groups is 2. The van der Waals surface area contributed by atoms with Gasteiger partial charge in [-0.1, -0.05) is 12.1 Å². The fraction of sp³-hybridized carbons (Fsp3) is 0.300. The summed E-state index contributed by atoms with van der Waals surface area (Å²) in [7, 11) is 0. The second-order valence-corrected chi connectivity index (χ2v) is 6.69. The van der Waals surface area contributed by atoms with Crippen LogP contribution in [0.3, 0.4) is 0 Å². The Morgan fingerprint density at radius 1 is 1.14 bits per heavy atom. The van der Waals surface area contributed by atoms with Gasteiger partial charge in [-0.3, -0.25) is 9.59 Å². The fourth-order valence-corrected chi connectivity index (χ4v) is 3.13. The van der Waals surface area contributed by atoms with Crippen LogP contribution in [0.5, 0.6) is 5.75 Å². The maximum Gasteiger partial charge on any atom is 0.573 e. The summed E-state index contributed by atoms with van der Waals surface area (Å²) in [6.07, 6.45) is -4.69. The first-order valence-electron chi connectivity index (χ1n) is 8.67. The number of aryl methyl sites for hydroxylation is 1. The number of hydrogen-bond acceptors (Lipinski definition) is 3. The average Bonchev–Trinajstić information content (AvgIpc) is 2.99. The van der Waals surface area contributed by atoms with E-state index in [1.807, 2.05) is 32.0 Å². The van der Waals surface area contributed by atoms with Crippen LogP contribution in [-0.2, 0) is 9.59 Å². The molecular weight excluding hydrogens is 373 g/mol. The minimum Gasteiger partial charge on any atom is -0.406 e. The molecule has 1 fully saturated rings. The van der Waals surface area contributed by atoms with Gasteiger partial charge in [-0.15, -0.1) is 13.2 Å². The van der Waals surface area contributed by atoms with Gasteiger partial charge >= 0.3 is 6.36 Å². The van der Waals surface area contributed by atoms with Gasteiger partial charge in [0.1, 0.15) is 5.75 Å². The van der Waals surface area contributed by atoms with Gasteiger partial charge in [-0.25, -0.2) is 0 Å². The molecule has 2 amide bonds. The lowest BCUT2D eigenvalue weighted by atomic mass is 10.1. The largest absolute Gasteiger partial charge is 0.573 e. The van der Waals surface area contributed by atoms with Crippen LogP contribution in [0.1, 0.15) is 17.5 Å². The topological polar surface area (TPSA) is 58.6 Å². The second kappa shape index (κ2) is 7.53. The number of ether oxygens (including phenoxy) is 1. The predicted octanol–water partition coefficient (Wildman–Crippen LogP) is 4.19. The van der Waals surface area contributed by atoms with Crippen LogP contribution in [0, 0.1) is 19.8 Å². The summed E-state index contributed by atoms with van der Waals surface area (Å²) in [4.78, 5) is 26.5. The molecule has 1 aliphatic heterocycles. The molecule has 3 rings (SSSR count). The van der Waals surface area contributed by atoms with Crippen molar-refractivity contribution in [3.05, 3.63) is 53.6 Å². The third-order valence-electron chi connectivity index (χ3n) is 4.72. The van der Waals surface area contributed by atoms with Crippen LogP contribution in [0.2, 0.25) is 0 Å². The molecule has 0 unspecified atom stereocenters. The summed E-state index contributed by atoms with van der Waals surface area (Å²) in [6, 6.07) is 10.5. The third kappa shape index (κ3) is 4.44. The summed E-state index contributed by atoms with van der Waals surface area (Å²) in [5.41, 5.74) is 3.16. The molecule has 1 heterocycles. The minimum absolute atomic E-state index is 0.0779. The molecule has 2 aromatic carbocycles. The maximum absolute atomic E-state index is 12.5. The fourth-order valence-electron chi connectivity index (χ4n) is 3.13. The number of carbonyl (C=O) groups excluding carboxylic acids is 2. The number of halogens is 3. The maximum atomic E-state index is 12.5. The highest BCUT2D eigenvalue weighted by molar-refractivity contribution is 6.03. The zero-order chi connectivity index (χ0) is 20.5. The molecule has 1 atom stereocenters. The van der Waals surface area contributed by atoms with E-state index in [9.17, 15) is 22.8 Å². The lowest BCUT2D eigenvalue weighted by molar-refractivity contribution is -0.274. The molecule has 0 aliphatic carbocycles. The van der Waals surface area contributed by atoms with Crippen LogP contribution in [0.15, 0.2) is 42.5 Å². The van der Waals surface area contributed by atoms with Crippen molar-refractivity contribution in [2.24, 2.45) is 5.92 Å². The number of nitrogens with one attached hydrogen (secondary N) is 1. The Hall–Kier alpha value is -3.03. The number of benzene rings is 2. The van der Waals surface area contributed by atoms with Crippen molar-refractivity contribution in [3.63, 3.8) is 0 Å². The van der Waals surface area contributed by atoms with E-state index < -0.39 is 12.3 Å². The lowest BCUT2D eigenvalue weighted by Crippen LogP contribution is -2.28. The van der Waals surface area contributed by atoms with Gasteiger partial charge in [-0.2, -0.15) is 0 Å². The van der Waals surface area contributed by atoms with Gasteiger partial charge in [-0.05, 0) is 55.3 Å². The van der Waals surface area contributed by atoms with Crippen molar-refractivity contribution in [2.45, 2.75) is 26.6 Å². The first-order chi connectivity index (χ1) is 13.1. The molecule has 1 N–H and O–H groups in total. The zero-order valence-electron chi connectivity index (χ0n) is 15.3. The first-order valence-corrected chi connectivity index (χ1v) is 8.67. The summed E-state index contributed by atoms with van der Waals surface area (Å²) >= 11 is 0. The molecule has 28 heavy (non-hydrogen) atoms. The Balaban J connectivity index is 1.66. The van der Waals surface area contributed by atoms with Crippen molar-refractivity contribution >= 4 is 23.2 Å². The van der Waals surface area contributed by atoms with Crippen LogP contribution < -0.4 is 15.0 Å². The molecule has 2 aromatic rings. The molecule has 0 spiro atoms. The first kappa shape index (κ1) is 19.7. The Morgan fingerprint density at radius 3 is 2.46 bits per heavy atom. The van der Waals surface area contributed by atoms with Gasteiger partial charge < -0.3 is 15.0 Å². The molecule has 148 valence electrons. The average molecular weight is 392 g/mol. The van der Waals surface area contributed by atoms with Crippen molar-refractivity contribution in [2.75, 3.05) is 16.8 Å². The molecule has 0 saturated carbocycles. The number of nitrogens with zero attached hydrogens (tertiary/aromatic N) is 1. The lowest BCUT2D eigenvalue weighted by Gasteiger charge is -2.20. The van der Waals surface area contributed by atoms with Crippen LogP contribution in [0.4, 0.5) is 24.5 Å². The van der Waals surface area contributed by atoms with Crippen molar-refractivity contribution in [1.82, 2.24) is 0 Å². The number of hydrogen-bond donors (Lipinski definition) is 1. The van der Waals surface area contributed by atoms with E-state index in [1.165, 1.54) is 12.1 Å². The van der Waals surface area contributed by atoms with Crippen LogP contribution in [0.25, 0.3) is 0 Å². The molecule has 8 heteroatoms. The minimum atomic E-state index is -4.77. The van der Waals surface area contributed by atoms with E-state index in [0.29, 0.717) is 5.69 Å². The number of rotatable bonds is 4. The van der Waals surface area contributed by atoms with Crippen molar-refractivity contribution < 1.29 is 27.5 Å². The highest BCUT2D eigenvalue weighted by Gasteiger charge is 2.36. The van der Waals surface area contributed by atoms with Gasteiger partial charge in [0.25, 0.3) is 0 Å². The third-order valence-corrected chi connectivity index (χ3v) is 4.72. The molecule has 0 radical (unpaired) electrons. The second-order valence-electron chi connectivity index (χ2n) is 6.69. The van der Waals surface area contributed by atoms with E-state index in [1.54, 1.807) is 4.90 Å². The van der Waals surface area contributed by atoms with Crippen molar-refractivity contribution in [3.8, 4) is 5.75 Å². The number of amides is 2. The normalized spacial score (nSPS) is 17.0. The van der Waals surface area contributed by atoms with E-state index in [0.717, 1.165) is 28.9 Å². The highest BCUT2D eigenvalue weighted by Crippen LogP contribution is 2.30. The van der Waals surface area contributed by atoms with Crippen LogP contribution in [-0.4, -0.2) is 24.7 Å². The molecule has 5 nitrogen and oxygen atoms in total. The predicted molar refractivity (Wildman–Crippen MR) is 98.1 cm³/mol. The number of anilines is 2. The molecule has 1 aliphatic rings. The summed E-state index contributed by atoms with van der Waals surface area (Å²) in [6.45, 7) is 4.13. The highest BCUT2D eigenvalue weighted by atomic mass is 19.4. The van der Waals surface area contributed by atoms with E-state index >= 15 is 0 Å². The molecule has 0 aromatic heterocycles. The van der Waals surface area contributed by atoms with Crippen molar-refractivity contribution in [1.29, 1.82) is 0 Å².